The third-order valence-electron chi connectivity index (χ3n) is 10.1. The molecule has 8 rings (SSSR count). The lowest BCUT2D eigenvalue weighted by atomic mass is 9.74. The van der Waals surface area contributed by atoms with Gasteiger partial charge in [-0.3, -0.25) is 0 Å². The Morgan fingerprint density at radius 2 is 1.23 bits per heavy atom. The summed E-state index contributed by atoms with van der Waals surface area (Å²) in [4.78, 5) is 0. The molecule has 0 aliphatic heterocycles. The van der Waals surface area contributed by atoms with Crippen molar-refractivity contribution in [2.75, 3.05) is 5.32 Å². The van der Waals surface area contributed by atoms with Gasteiger partial charge in [-0.2, -0.15) is 0 Å². The fourth-order valence-corrected chi connectivity index (χ4v) is 7.98. The molecule has 1 fully saturated rings. The predicted octanol–water partition coefficient (Wildman–Crippen LogP) is 11.6. The van der Waals surface area contributed by atoms with Gasteiger partial charge in [0.1, 0.15) is 0 Å². The van der Waals surface area contributed by atoms with Crippen LogP contribution in [0.5, 0.6) is 0 Å². The van der Waals surface area contributed by atoms with Crippen LogP contribution in [0.4, 0.5) is 11.4 Å². The van der Waals surface area contributed by atoms with E-state index in [1.807, 2.05) is 0 Å². The van der Waals surface area contributed by atoms with Crippen molar-refractivity contribution in [2.45, 2.75) is 50.4 Å². The minimum Gasteiger partial charge on any atom is -0.355 e. The molecule has 0 spiro atoms. The Bertz CT molecular complexity index is 1940. The lowest BCUT2D eigenvalue weighted by molar-refractivity contribution is 0.445. The Hall–Kier alpha value is -4.62. The second-order valence-electron chi connectivity index (χ2n) is 12.6. The van der Waals surface area contributed by atoms with Crippen molar-refractivity contribution in [3.63, 3.8) is 0 Å². The summed E-state index contributed by atoms with van der Waals surface area (Å²) in [6.45, 7) is 2.38. The number of rotatable bonds is 5. The van der Waals surface area contributed by atoms with E-state index in [2.05, 4.69) is 146 Å². The molecule has 0 aromatic heterocycles. The Labute approximate surface area is 255 Å². The van der Waals surface area contributed by atoms with Crippen LogP contribution in [0.2, 0.25) is 0 Å². The highest BCUT2D eigenvalue weighted by Gasteiger charge is 2.40. The Balaban J connectivity index is 1.24. The van der Waals surface area contributed by atoms with Crippen LogP contribution in [0.3, 0.4) is 0 Å². The smallest absolute Gasteiger partial charge is 0.0464 e. The monoisotopic (exact) mass is 555 g/mol. The summed E-state index contributed by atoms with van der Waals surface area (Å²) in [5, 5.41) is 6.64. The van der Waals surface area contributed by atoms with Crippen molar-refractivity contribution in [2.24, 2.45) is 0 Å². The van der Waals surface area contributed by atoms with Gasteiger partial charge in [-0.25, -0.2) is 0 Å². The summed E-state index contributed by atoms with van der Waals surface area (Å²) in [7, 11) is 0. The van der Waals surface area contributed by atoms with Gasteiger partial charge < -0.3 is 5.32 Å². The summed E-state index contributed by atoms with van der Waals surface area (Å²) >= 11 is 0. The molecular formula is C42H37N. The highest BCUT2D eigenvalue weighted by atomic mass is 14.9. The highest BCUT2D eigenvalue weighted by molar-refractivity contribution is 6.02. The summed E-state index contributed by atoms with van der Waals surface area (Å²) in [5.41, 5.74) is 12.9. The van der Waals surface area contributed by atoms with E-state index >= 15 is 0 Å². The number of hydrogen-bond donors (Lipinski definition) is 1. The van der Waals surface area contributed by atoms with E-state index in [4.69, 9.17) is 0 Å². The second kappa shape index (κ2) is 10.6. The molecule has 2 aliphatic carbocycles. The van der Waals surface area contributed by atoms with Crippen molar-refractivity contribution in [3.8, 4) is 22.3 Å². The van der Waals surface area contributed by atoms with Gasteiger partial charge in [-0.05, 0) is 93.6 Å². The topological polar surface area (TPSA) is 12.0 Å². The van der Waals surface area contributed by atoms with Crippen LogP contribution in [0.25, 0.3) is 33.0 Å². The first-order chi connectivity index (χ1) is 21.2. The van der Waals surface area contributed by atoms with Gasteiger partial charge in [0.2, 0.25) is 0 Å². The van der Waals surface area contributed by atoms with Gasteiger partial charge in [0.15, 0.2) is 0 Å². The molecular weight excluding hydrogens is 518 g/mol. The zero-order valence-corrected chi connectivity index (χ0v) is 24.8. The van der Waals surface area contributed by atoms with Gasteiger partial charge in [0, 0.05) is 22.4 Å². The van der Waals surface area contributed by atoms with Crippen LogP contribution < -0.4 is 5.32 Å². The van der Waals surface area contributed by atoms with E-state index in [1.54, 1.807) is 0 Å². The van der Waals surface area contributed by atoms with E-state index in [-0.39, 0.29) is 5.41 Å². The van der Waals surface area contributed by atoms with Crippen molar-refractivity contribution in [3.05, 3.63) is 156 Å². The first-order valence-electron chi connectivity index (χ1n) is 15.9. The number of anilines is 2. The molecule has 0 saturated heterocycles. The van der Waals surface area contributed by atoms with Gasteiger partial charge in [0.05, 0.1) is 0 Å². The van der Waals surface area contributed by atoms with Gasteiger partial charge in [-0.1, -0.05) is 135 Å². The molecule has 210 valence electrons. The summed E-state index contributed by atoms with van der Waals surface area (Å²) in [6.07, 6.45) is 6.64. The van der Waals surface area contributed by atoms with Crippen molar-refractivity contribution in [1.82, 2.24) is 0 Å². The van der Waals surface area contributed by atoms with Gasteiger partial charge in [-0.15, -0.1) is 0 Å². The molecule has 2 aliphatic rings. The third-order valence-corrected chi connectivity index (χ3v) is 10.1. The molecule has 6 aromatic rings. The number of benzene rings is 6. The highest BCUT2D eigenvalue weighted by Crippen LogP contribution is 2.53. The number of hydrogen-bond acceptors (Lipinski definition) is 1. The molecule has 0 amide bonds. The first kappa shape index (κ1) is 26.0. The number of nitrogens with one attached hydrogen (secondary N) is 1. The van der Waals surface area contributed by atoms with Crippen LogP contribution in [0.15, 0.2) is 133 Å². The zero-order valence-electron chi connectivity index (χ0n) is 24.8. The molecule has 1 nitrogen and oxygen atoms in total. The maximum absolute atomic E-state index is 3.88. The summed E-state index contributed by atoms with van der Waals surface area (Å²) in [6, 6.07) is 49.4. The molecule has 1 N–H and O–H groups in total. The fourth-order valence-electron chi connectivity index (χ4n) is 7.98. The largest absolute Gasteiger partial charge is 0.355 e. The van der Waals surface area contributed by atoms with E-state index in [0.29, 0.717) is 5.92 Å². The molecule has 1 saturated carbocycles. The molecule has 0 bridgehead atoms. The van der Waals surface area contributed by atoms with E-state index in [0.717, 1.165) is 11.4 Å². The molecule has 0 heterocycles. The first-order valence-corrected chi connectivity index (χ1v) is 15.9. The Morgan fingerprint density at radius 1 is 0.558 bits per heavy atom. The Morgan fingerprint density at radius 3 is 2.07 bits per heavy atom. The van der Waals surface area contributed by atoms with Crippen molar-refractivity contribution in [1.29, 1.82) is 0 Å². The van der Waals surface area contributed by atoms with E-state index in [1.165, 1.54) is 87.4 Å². The fraction of sp³-hybridized carbons (Fsp3) is 0.190. The van der Waals surface area contributed by atoms with E-state index < -0.39 is 0 Å². The summed E-state index contributed by atoms with van der Waals surface area (Å²) < 4.78 is 0. The molecule has 1 atom stereocenters. The van der Waals surface area contributed by atoms with Crippen LogP contribution in [-0.4, -0.2) is 0 Å². The maximum atomic E-state index is 3.88. The minimum absolute atomic E-state index is 0.213. The third kappa shape index (κ3) is 4.29. The normalized spacial score (nSPS) is 17.9. The lowest BCUT2D eigenvalue weighted by Crippen LogP contribution is -2.22. The van der Waals surface area contributed by atoms with Gasteiger partial charge >= 0.3 is 0 Å². The number of fused-ring (bicyclic) bond motifs is 4. The molecule has 0 radical (unpaired) electrons. The van der Waals surface area contributed by atoms with Crippen LogP contribution >= 0.6 is 0 Å². The summed E-state index contributed by atoms with van der Waals surface area (Å²) in [5.74, 6) is 0.646. The SMILES string of the molecule is CC1(c2ccccc2)c2ccccc2-c2ccc(Nc3ccccc3-c3cccc4cccc(C5CCCCC5)c34)cc21. The number of para-hydroxylation sites is 1. The standard InChI is InChI=1S/C42H37N/c1-42(31-18-6-3-7-19-31)38-24-10-8-20-34(38)35-27-26-32(28-39(35)42)43-40-25-11-9-21-36(40)37-23-13-17-30-16-12-22-33(41(30)37)29-14-4-2-5-15-29/h3,6-13,16-29,43H,2,4-5,14-15H2,1H3. The quantitative estimate of drug-likeness (QED) is 0.223. The average molecular weight is 556 g/mol. The average Bonchev–Trinajstić information content (AvgIpc) is 3.34. The van der Waals surface area contributed by atoms with E-state index in [9.17, 15) is 0 Å². The molecule has 1 heteroatoms. The predicted molar refractivity (Wildman–Crippen MR) is 182 cm³/mol. The second-order valence-corrected chi connectivity index (χ2v) is 12.6. The van der Waals surface area contributed by atoms with Gasteiger partial charge in [0.25, 0.3) is 0 Å². The van der Waals surface area contributed by atoms with Crippen LogP contribution in [0.1, 0.15) is 67.2 Å². The van der Waals surface area contributed by atoms with Crippen LogP contribution in [-0.2, 0) is 5.41 Å². The molecule has 1 unspecified atom stereocenters. The van der Waals surface area contributed by atoms with Crippen molar-refractivity contribution >= 4 is 22.1 Å². The minimum atomic E-state index is -0.213. The Kier molecular flexibility index (Phi) is 6.41. The maximum Gasteiger partial charge on any atom is 0.0464 e. The zero-order chi connectivity index (χ0) is 28.8. The van der Waals surface area contributed by atoms with Crippen LogP contribution in [0, 0.1) is 0 Å². The lowest BCUT2D eigenvalue weighted by Gasteiger charge is -2.28. The van der Waals surface area contributed by atoms with Crippen molar-refractivity contribution < 1.29 is 0 Å². The molecule has 6 aromatic carbocycles. The molecule has 43 heavy (non-hydrogen) atoms.